The molecule has 114 valence electrons. The average molecular weight is 297 g/mol. The van der Waals surface area contributed by atoms with Crippen molar-refractivity contribution in [2.75, 3.05) is 11.4 Å². The van der Waals surface area contributed by atoms with Gasteiger partial charge in [0, 0.05) is 30.8 Å². The van der Waals surface area contributed by atoms with Crippen LogP contribution in [-0.2, 0) is 18.5 Å². The van der Waals surface area contributed by atoms with E-state index in [0.717, 1.165) is 30.8 Å². The zero-order valence-electron chi connectivity index (χ0n) is 13.0. The summed E-state index contributed by atoms with van der Waals surface area (Å²) in [4.78, 5) is 18.2. The number of aromatic amines is 1. The highest BCUT2D eigenvalue weighted by Gasteiger charge is 2.27. The minimum Gasteiger partial charge on any atom is -0.350 e. The van der Waals surface area contributed by atoms with Gasteiger partial charge in [-0.25, -0.2) is 15.0 Å². The Kier molecular flexibility index (Phi) is 2.72. The molecule has 0 saturated heterocycles. The summed E-state index contributed by atoms with van der Waals surface area (Å²) in [5.41, 5.74) is 4.22. The van der Waals surface area contributed by atoms with E-state index in [0.29, 0.717) is 5.65 Å². The highest BCUT2D eigenvalue weighted by Crippen LogP contribution is 2.28. The number of aromatic nitrogens is 6. The first-order chi connectivity index (χ1) is 10.5. The molecule has 0 aromatic carbocycles. The Morgan fingerprint density at radius 1 is 1.18 bits per heavy atom. The summed E-state index contributed by atoms with van der Waals surface area (Å²) < 4.78 is 2.14. The molecule has 1 aliphatic heterocycles. The lowest BCUT2D eigenvalue weighted by molar-refractivity contribution is 0.341. The third-order valence-corrected chi connectivity index (χ3v) is 4.07. The van der Waals surface area contributed by atoms with Crippen LogP contribution in [0.1, 0.15) is 32.0 Å². The van der Waals surface area contributed by atoms with Gasteiger partial charge in [0.1, 0.15) is 11.8 Å². The summed E-state index contributed by atoms with van der Waals surface area (Å²) in [5.74, 6) is 0.914. The molecule has 1 N–H and O–H groups in total. The minimum absolute atomic E-state index is 0.0152. The van der Waals surface area contributed by atoms with Crippen molar-refractivity contribution in [2.45, 2.75) is 39.3 Å². The predicted octanol–water partition coefficient (Wildman–Crippen LogP) is 1.87. The van der Waals surface area contributed by atoms with Crippen LogP contribution in [-0.4, -0.2) is 36.3 Å². The molecule has 0 aliphatic carbocycles. The standard InChI is InChI=1S/C15H19N7/c1-15(2,3)22-11-4-5-21(7-10(11)6-20-22)14-12-13(17-8-16-12)18-9-19-14/h6,8-9H,4-5,7H2,1-3H3,(H,16,17,18,19). The number of nitrogens with one attached hydrogen (secondary N) is 1. The van der Waals surface area contributed by atoms with E-state index in [4.69, 9.17) is 0 Å². The lowest BCUT2D eigenvalue weighted by Gasteiger charge is -2.30. The van der Waals surface area contributed by atoms with Crippen molar-refractivity contribution in [2.24, 2.45) is 0 Å². The second kappa shape index (κ2) is 4.53. The monoisotopic (exact) mass is 297 g/mol. The van der Waals surface area contributed by atoms with Crippen molar-refractivity contribution in [1.82, 2.24) is 29.7 Å². The fraction of sp³-hybridized carbons (Fsp3) is 0.467. The third kappa shape index (κ3) is 1.96. The van der Waals surface area contributed by atoms with Crippen molar-refractivity contribution < 1.29 is 0 Å². The Morgan fingerprint density at radius 2 is 2.05 bits per heavy atom. The van der Waals surface area contributed by atoms with Crippen LogP contribution in [0.15, 0.2) is 18.9 Å². The molecule has 7 nitrogen and oxygen atoms in total. The van der Waals surface area contributed by atoms with E-state index in [2.05, 4.69) is 55.4 Å². The molecule has 4 heterocycles. The number of imidazole rings is 1. The van der Waals surface area contributed by atoms with Crippen LogP contribution in [0.4, 0.5) is 5.82 Å². The van der Waals surface area contributed by atoms with E-state index in [-0.39, 0.29) is 5.54 Å². The maximum Gasteiger partial charge on any atom is 0.182 e. The summed E-state index contributed by atoms with van der Waals surface area (Å²) in [7, 11) is 0. The highest BCUT2D eigenvalue weighted by atomic mass is 15.3. The van der Waals surface area contributed by atoms with Gasteiger partial charge in [-0.3, -0.25) is 4.68 Å². The van der Waals surface area contributed by atoms with Gasteiger partial charge < -0.3 is 9.88 Å². The van der Waals surface area contributed by atoms with Gasteiger partial charge in [-0.05, 0) is 20.8 Å². The molecule has 3 aromatic heterocycles. The number of fused-ring (bicyclic) bond motifs is 2. The van der Waals surface area contributed by atoms with Gasteiger partial charge >= 0.3 is 0 Å². The molecular weight excluding hydrogens is 278 g/mol. The van der Waals surface area contributed by atoms with Crippen LogP contribution in [0.25, 0.3) is 11.2 Å². The molecule has 4 rings (SSSR count). The van der Waals surface area contributed by atoms with Gasteiger partial charge in [-0.2, -0.15) is 5.10 Å². The fourth-order valence-electron chi connectivity index (χ4n) is 3.08. The first-order valence-corrected chi connectivity index (χ1v) is 7.49. The number of H-pyrrole nitrogens is 1. The van der Waals surface area contributed by atoms with Crippen molar-refractivity contribution >= 4 is 17.0 Å². The van der Waals surface area contributed by atoms with Crippen LogP contribution in [0, 0.1) is 0 Å². The number of anilines is 1. The topological polar surface area (TPSA) is 75.5 Å². The van der Waals surface area contributed by atoms with E-state index in [1.165, 1.54) is 11.3 Å². The normalized spacial score (nSPS) is 15.3. The zero-order chi connectivity index (χ0) is 15.3. The van der Waals surface area contributed by atoms with Crippen LogP contribution in [0.2, 0.25) is 0 Å². The smallest absolute Gasteiger partial charge is 0.182 e. The molecule has 0 spiro atoms. The molecule has 0 saturated carbocycles. The van der Waals surface area contributed by atoms with Gasteiger partial charge in [0.2, 0.25) is 0 Å². The molecule has 0 unspecified atom stereocenters. The molecule has 3 aromatic rings. The Labute approximate surface area is 128 Å². The average Bonchev–Trinajstić information content (AvgIpc) is 3.11. The second-order valence-electron chi connectivity index (χ2n) is 6.67. The Bertz CT molecular complexity index is 824. The molecule has 0 bridgehead atoms. The van der Waals surface area contributed by atoms with E-state index in [1.54, 1.807) is 12.7 Å². The first-order valence-electron chi connectivity index (χ1n) is 7.49. The molecule has 0 radical (unpaired) electrons. The molecule has 0 atom stereocenters. The Hall–Kier alpha value is -2.44. The zero-order valence-corrected chi connectivity index (χ0v) is 13.0. The van der Waals surface area contributed by atoms with E-state index in [9.17, 15) is 0 Å². The minimum atomic E-state index is 0.0152. The Morgan fingerprint density at radius 3 is 2.86 bits per heavy atom. The lowest BCUT2D eigenvalue weighted by Crippen LogP contribution is -2.34. The summed E-state index contributed by atoms with van der Waals surface area (Å²) in [6, 6.07) is 0. The Balaban J connectivity index is 1.71. The quantitative estimate of drug-likeness (QED) is 0.742. The molecular formula is C15H19N7. The molecule has 22 heavy (non-hydrogen) atoms. The lowest BCUT2D eigenvalue weighted by atomic mass is 10.0. The van der Waals surface area contributed by atoms with Crippen molar-refractivity contribution in [1.29, 1.82) is 0 Å². The van der Waals surface area contributed by atoms with Crippen LogP contribution < -0.4 is 4.90 Å². The summed E-state index contributed by atoms with van der Waals surface area (Å²) in [5, 5.41) is 4.59. The molecule has 1 aliphatic rings. The summed E-state index contributed by atoms with van der Waals surface area (Å²) in [6.07, 6.45) is 6.19. The van der Waals surface area contributed by atoms with Gasteiger partial charge in [-0.15, -0.1) is 0 Å². The number of hydrogen-bond acceptors (Lipinski definition) is 5. The van der Waals surface area contributed by atoms with E-state index in [1.807, 2.05) is 6.20 Å². The highest BCUT2D eigenvalue weighted by molar-refractivity contribution is 5.82. The van der Waals surface area contributed by atoms with E-state index < -0.39 is 0 Å². The predicted molar refractivity (Wildman–Crippen MR) is 83.7 cm³/mol. The molecule has 0 amide bonds. The molecule has 7 heteroatoms. The van der Waals surface area contributed by atoms with Crippen LogP contribution in [0.5, 0.6) is 0 Å². The summed E-state index contributed by atoms with van der Waals surface area (Å²) >= 11 is 0. The second-order valence-corrected chi connectivity index (χ2v) is 6.67. The van der Waals surface area contributed by atoms with Gasteiger partial charge in [0.05, 0.1) is 18.1 Å². The van der Waals surface area contributed by atoms with Crippen molar-refractivity contribution in [3.05, 3.63) is 30.1 Å². The first kappa shape index (κ1) is 13.2. The van der Waals surface area contributed by atoms with Crippen LogP contribution in [0.3, 0.4) is 0 Å². The van der Waals surface area contributed by atoms with E-state index >= 15 is 0 Å². The molecule has 0 fully saturated rings. The van der Waals surface area contributed by atoms with Gasteiger partial charge in [0.25, 0.3) is 0 Å². The maximum atomic E-state index is 4.59. The number of hydrogen-bond donors (Lipinski definition) is 1. The summed E-state index contributed by atoms with van der Waals surface area (Å²) in [6.45, 7) is 8.29. The third-order valence-electron chi connectivity index (χ3n) is 4.07. The largest absolute Gasteiger partial charge is 0.350 e. The number of rotatable bonds is 1. The maximum absolute atomic E-state index is 4.59. The van der Waals surface area contributed by atoms with Gasteiger partial charge in [0.15, 0.2) is 11.5 Å². The van der Waals surface area contributed by atoms with Crippen molar-refractivity contribution in [3.63, 3.8) is 0 Å². The SMILES string of the molecule is CC(C)(C)n1ncc2c1CCN(c1ncnc3nc[nH]c13)C2. The number of nitrogens with zero attached hydrogens (tertiary/aromatic N) is 6. The van der Waals surface area contributed by atoms with Crippen molar-refractivity contribution in [3.8, 4) is 0 Å². The van der Waals surface area contributed by atoms with Gasteiger partial charge in [-0.1, -0.05) is 0 Å². The van der Waals surface area contributed by atoms with Crippen LogP contribution >= 0.6 is 0 Å². The fourth-order valence-corrected chi connectivity index (χ4v) is 3.08.